The van der Waals surface area contributed by atoms with Crippen LogP contribution in [-0.2, 0) is 27.9 Å². The molecule has 30 heavy (non-hydrogen) atoms. The van der Waals surface area contributed by atoms with Crippen molar-refractivity contribution in [3.05, 3.63) is 35.5 Å². The number of rotatable bonds is 7. The summed E-state index contributed by atoms with van der Waals surface area (Å²) in [5.41, 5.74) is 0.923. The minimum Gasteiger partial charge on any atom is -0.388 e. The molecule has 2 aliphatic heterocycles. The van der Waals surface area contributed by atoms with Crippen LogP contribution < -0.4 is 16.0 Å². The zero-order chi connectivity index (χ0) is 21.1. The number of aryl methyl sites for hydroxylation is 1. The van der Waals surface area contributed by atoms with E-state index in [0.29, 0.717) is 13.0 Å². The molecule has 5 atom stereocenters. The third kappa shape index (κ3) is 4.98. The van der Waals surface area contributed by atoms with Gasteiger partial charge >= 0.3 is 6.03 Å². The maximum absolute atomic E-state index is 12.2. The number of hydrogen-bond donors (Lipinski definition) is 4. The highest BCUT2D eigenvalue weighted by Crippen LogP contribution is 2.35. The topological polar surface area (TPSA) is 127 Å². The third-order valence-corrected chi connectivity index (χ3v) is 5.95. The summed E-state index contributed by atoms with van der Waals surface area (Å²) in [5, 5.41) is 25.4. The van der Waals surface area contributed by atoms with E-state index in [1.807, 2.05) is 24.7 Å². The number of nitrogens with zero attached hydrogens (tertiary/aromatic N) is 2. The van der Waals surface area contributed by atoms with E-state index in [-0.39, 0.29) is 37.1 Å². The number of aliphatic hydroxyl groups is 1. The second-order valence-corrected chi connectivity index (χ2v) is 8.43. The molecule has 0 bridgehead atoms. The van der Waals surface area contributed by atoms with E-state index in [4.69, 9.17) is 9.47 Å². The monoisotopic (exact) mass is 435 g/mol. The first-order valence-corrected chi connectivity index (χ1v) is 10.7. The van der Waals surface area contributed by atoms with Gasteiger partial charge in [0, 0.05) is 38.3 Å². The van der Waals surface area contributed by atoms with Crippen molar-refractivity contribution >= 4 is 28.3 Å². The van der Waals surface area contributed by atoms with E-state index >= 15 is 0 Å². The molecule has 0 unspecified atom stereocenters. The van der Waals surface area contributed by atoms with Crippen LogP contribution in [0.15, 0.2) is 29.9 Å². The summed E-state index contributed by atoms with van der Waals surface area (Å²) in [5.74, 6) is -0.123. The van der Waals surface area contributed by atoms with Crippen LogP contribution in [0.2, 0.25) is 0 Å². The predicted octanol–water partition coefficient (Wildman–Crippen LogP) is 0.595. The molecule has 2 aromatic heterocycles. The van der Waals surface area contributed by atoms with E-state index in [1.54, 1.807) is 16.9 Å². The standard InChI is InChI=1S/C19H25N5O5S/c1-24-10-11(8-22-24)7-20-15(25)6-12-5-13-18(28-12)17(26)14(29-13)9-21-19(27)23-16-3-2-4-30-16/h2-4,8,10,12-14,17-18,26H,5-7,9H2,1H3,(H,20,25)(H2,21,23,27)/t12-,13+,14+,17+,18-/m0/s1. The number of aromatic nitrogens is 2. The van der Waals surface area contributed by atoms with E-state index in [2.05, 4.69) is 21.0 Å². The number of amides is 3. The van der Waals surface area contributed by atoms with Crippen molar-refractivity contribution in [3.8, 4) is 0 Å². The molecule has 2 fully saturated rings. The van der Waals surface area contributed by atoms with Crippen molar-refractivity contribution < 1.29 is 24.2 Å². The number of fused-ring (bicyclic) bond motifs is 1. The van der Waals surface area contributed by atoms with Gasteiger partial charge in [-0.3, -0.25) is 14.8 Å². The average Bonchev–Trinajstić information content (AvgIpc) is 3.47. The van der Waals surface area contributed by atoms with Gasteiger partial charge in [-0.2, -0.15) is 5.10 Å². The molecule has 0 radical (unpaired) electrons. The average molecular weight is 436 g/mol. The van der Waals surface area contributed by atoms with Crippen molar-refractivity contribution in [2.24, 2.45) is 7.05 Å². The fourth-order valence-corrected chi connectivity index (χ4v) is 4.36. The van der Waals surface area contributed by atoms with Crippen LogP contribution in [0.25, 0.3) is 0 Å². The highest BCUT2D eigenvalue weighted by molar-refractivity contribution is 7.14. The molecule has 2 aromatic rings. The molecule has 4 heterocycles. The normalized spacial score (nSPS) is 27.6. The van der Waals surface area contributed by atoms with Crippen molar-refractivity contribution in [2.75, 3.05) is 11.9 Å². The van der Waals surface area contributed by atoms with Gasteiger partial charge in [0.15, 0.2) is 0 Å². The number of carbonyl (C=O) groups is 2. The molecule has 11 heteroatoms. The number of aliphatic hydroxyl groups excluding tert-OH is 1. The molecule has 0 aromatic carbocycles. The van der Waals surface area contributed by atoms with Gasteiger partial charge in [-0.1, -0.05) is 0 Å². The Balaban J connectivity index is 1.18. The molecule has 3 amide bonds. The lowest BCUT2D eigenvalue weighted by Crippen LogP contribution is -2.42. The Bertz CT molecular complexity index is 873. The second-order valence-electron chi connectivity index (χ2n) is 7.48. The van der Waals surface area contributed by atoms with Crippen molar-refractivity contribution in [1.82, 2.24) is 20.4 Å². The van der Waals surface area contributed by atoms with Crippen LogP contribution in [0.1, 0.15) is 18.4 Å². The third-order valence-electron chi connectivity index (χ3n) is 5.16. The Labute approximate surface area is 177 Å². The SMILES string of the molecule is Cn1cc(CNC(=O)C[C@@H]2C[C@H]3O[C@H](CNC(=O)Nc4cccs4)[C@@H](O)[C@H]3O2)cn1. The molecule has 4 N–H and O–H groups in total. The first-order chi connectivity index (χ1) is 14.5. The van der Waals surface area contributed by atoms with Gasteiger partial charge < -0.3 is 25.2 Å². The molecule has 4 rings (SSSR count). The van der Waals surface area contributed by atoms with Gasteiger partial charge in [-0.15, -0.1) is 11.3 Å². The fourth-order valence-electron chi connectivity index (χ4n) is 3.75. The summed E-state index contributed by atoms with van der Waals surface area (Å²) in [7, 11) is 1.82. The number of nitrogens with one attached hydrogen (secondary N) is 3. The number of urea groups is 1. The van der Waals surface area contributed by atoms with Gasteiger partial charge in [0.1, 0.15) is 18.3 Å². The zero-order valence-corrected chi connectivity index (χ0v) is 17.3. The second kappa shape index (κ2) is 9.13. The minimum absolute atomic E-state index is 0.123. The summed E-state index contributed by atoms with van der Waals surface area (Å²) in [4.78, 5) is 24.1. The minimum atomic E-state index is -0.861. The van der Waals surface area contributed by atoms with Gasteiger partial charge in [0.05, 0.1) is 29.8 Å². The maximum atomic E-state index is 12.2. The lowest BCUT2D eigenvalue weighted by atomic mass is 10.1. The number of thiophene rings is 1. The predicted molar refractivity (Wildman–Crippen MR) is 109 cm³/mol. The van der Waals surface area contributed by atoms with E-state index in [0.717, 1.165) is 10.6 Å². The first kappa shape index (κ1) is 20.8. The van der Waals surface area contributed by atoms with Crippen molar-refractivity contribution in [1.29, 1.82) is 0 Å². The molecule has 0 spiro atoms. The molecular weight excluding hydrogens is 410 g/mol. The van der Waals surface area contributed by atoms with E-state index in [9.17, 15) is 14.7 Å². The summed E-state index contributed by atoms with van der Waals surface area (Å²) in [6.07, 6.45) is 1.78. The van der Waals surface area contributed by atoms with Crippen LogP contribution in [0, 0.1) is 0 Å². The maximum Gasteiger partial charge on any atom is 0.319 e. The number of hydrogen-bond acceptors (Lipinski definition) is 7. The first-order valence-electron chi connectivity index (χ1n) is 9.79. The zero-order valence-electron chi connectivity index (χ0n) is 16.5. The Hall–Kier alpha value is -2.47. The molecule has 2 saturated heterocycles. The Kier molecular flexibility index (Phi) is 6.32. The van der Waals surface area contributed by atoms with Gasteiger partial charge in [-0.05, 0) is 17.5 Å². The van der Waals surface area contributed by atoms with Crippen LogP contribution in [0.3, 0.4) is 0 Å². The van der Waals surface area contributed by atoms with Crippen LogP contribution in [0.4, 0.5) is 9.80 Å². The smallest absolute Gasteiger partial charge is 0.319 e. The van der Waals surface area contributed by atoms with Crippen LogP contribution >= 0.6 is 11.3 Å². The summed E-state index contributed by atoms with van der Waals surface area (Å²) in [6.45, 7) is 0.581. The van der Waals surface area contributed by atoms with Crippen LogP contribution in [-0.4, -0.2) is 63.9 Å². The number of anilines is 1. The molecule has 2 aliphatic rings. The summed E-state index contributed by atoms with van der Waals surface area (Å²) in [6, 6.07) is 3.30. The molecule has 0 saturated carbocycles. The highest BCUT2D eigenvalue weighted by Gasteiger charge is 2.50. The largest absolute Gasteiger partial charge is 0.388 e. The molecule has 10 nitrogen and oxygen atoms in total. The highest BCUT2D eigenvalue weighted by atomic mass is 32.1. The number of carbonyl (C=O) groups excluding carboxylic acids is 2. The Morgan fingerprint density at radius 3 is 2.93 bits per heavy atom. The lowest BCUT2D eigenvalue weighted by Gasteiger charge is -2.20. The van der Waals surface area contributed by atoms with E-state index < -0.39 is 18.3 Å². The lowest BCUT2D eigenvalue weighted by molar-refractivity contribution is -0.124. The molecule has 0 aliphatic carbocycles. The fraction of sp³-hybridized carbons (Fsp3) is 0.526. The van der Waals surface area contributed by atoms with Gasteiger partial charge in [0.25, 0.3) is 0 Å². The Morgan fingerprint density at radius 1 is 1.37 bits per heavy atom. The summed E-state index contributed by atoms with van der Waals surface area (Å²) < 4.78 is 13.4. The van der Waals surface area contributed by atoms with E-state index in [1.165, 1.54) is 11.3 Å². The van der Waals surface area contributed by atoms with Crippen molar-refractivity contribution in [3.63, 3.8) is 0 Å². The van der Waals surface area contributed by atoms with Crippen LogP contribution in [0.5, 0.6) is 0 Å². The quantitative estimate of drug-likeness (QED) is 0.504. The molecular formula is C19H25N5O5S. The van der Waals surface area contributed by atoms with Gasteiger partial charge in [0.2, 0.25) is 5.91 Å². The Morgan fingerprint density at radius 2 is 2.23 bits per heavy atom. The summed E-state index contributed by atoms with van der Waals surface area (Å²) >= 11 is 1.42. The van der Waals surface area contributed by atoms with Gasteiger partial charge in [-0.25, -0.2) is 4.79 Å². The number of ether oxygens (including phenoxy) is 2. The molecule has 162 valence electrons. The van der Waals surface area contributed by atoms with Crippen molar-refractivity contribution in [2.45, 2.75) is 49.9 Å².